The highest BCUT2D eigenvalue weighted by molar-refractivity contribution is 7.89. The molecule has 0 saturated heterocycles. The smallest absolute Gasteiger partial charge is 0.292 e. The summed E-state index contributed by atoms with van der Waals surface area (Å²) < 4.78 is 23.9. The first-order chi connectivity index (χ1) is 11.4. The molecule has 0 atom stereocenters. The van der Waals surface area contributed by atoms with Crippen LogP contribution in [0.2, 0.25) is 0 Å². The molecule has 0 fully saturated rings. The molecule has 0 bridgehead atoms. The van der Waals surface area contributed by atoms with E-state index in [4.69, 9.17) is 5.14 Å². The van der Waals surface area contributed by atoms with Crippen molar-refractivity contribution in [3.63, 3.8) is 0 Å². The molecule has 2 aromatic carbocycles. The van der Waals surface area contributed by atoms with Crippen LogP contribution in [0.1, 0.15) is 0 Å². The number of rotatable bonds is 4. The van der Waals surface area contributed by atoms with Crippen LogP contribution < -0.4 is 15.1 Å². The molecule has 8 heteroatoms. The Morgan fingerprint density at radius 2 is 1.75 bits per heavy atom. The molecule has 7 nitrogen and oxygen atoms in total. The van der Waals surface area contributed by atoms with E-state index >= 15 is 0 Å². The molecule has 0 aliphatic carbocycles. The summed E-state index contributed by atoms with van der Waals surface area (Å²) in [6.45, 7) is 0.0434. The molecule has 1 amide bonds. The van der Waals surface area contributed by atoms with Crippen LogP contribution in [0.5, 0.6) is 0 Å². The largest absolute Gasteiger partial charge is 0.321 e. The lowest BCUT2D eigenvalue weighted by Crippen LogP contribution is -2.43. The van der Waals surface area contributed by atoms with Crippen LogP contribution in [0.4, 0.5) is 5.69 Å². The lowest BCUT2D eigenvalue weighted by Gasteiger charge is -2.04. The maximum absolute atomic E-state index is 12.1. The normalized spacial score (nSPS) is 11.4. The van der Waals surface area contributed by atoms with Gasteiger partial charge in [-0.3, -0.25) is 4.79 Å². The minimum Gasteiger partial charge on any atom is -0.321 e. The van der Waals surface area contributed by atoms with E-state index in [2.05, 4.69) is 10.4 Å². The van der Waals surface area contributed by atoms with Gasteiger partial charge in [-0.1, -0.05) is 22.9 Å². The zero-order valence-corrected chi connectivity index (χ0v) is 13.4. The Morgan fingerprint density at radius 3 is 2.42 bits per heavy atom. The van der Waals surface area contributed by atoms with E-state index in [-0.39, 0.29) is 17.3 Å². The molecule has 0 saturated carbocycles. The number of carbonyl (C=O) groups is 1. The first-order valence-corrected chi connectivity index (χ1v) is 8.64. The summed E-state index contributed by atoms with van der Waals surface area (Å²) >= 11 is 0. The molecular weight excluding hydrogens is 328 g/mol. The van der Waals surface area contributed by atoms with Crippen molar-refractivity contribution in [2.75, 3.05) is 5.32 Å². The zero-order valence-electron chi connectivity index (χ0n) is 12.6. The number of nitrogens with zero attached hydrogens (tertiary/aromatic N) is 2. The number of hydrogen-bond donors (Lipinski definition) is 2. The molecule has 0 radical (unpaired) electrons. The van der Waals surface area contributed by atoms with E-state index in [0.29, 0.717) is 5.69 Å². The Bertz CT molecular complexity index is 1000. The number of anilines is 1. The van der Waals surface area contributed by atoms with Crippen LogP contribution in [0, 0.1) is 0 Å². The topological polar surface area (TPSA) is 106 Å². The first kappa shape index (κ1) is 16.0. The van der Waals surface area contributed by atoms with Crippen molar-refractivity contribution in [2.24, 2.45) is 5.14 Å². The monoisotopic (exact) mass is 343 g/mol. The third-order valence-corrected chi connectivity index (χ3v) is 4.33. The number of hydrogen-bond acceptors (Lipinski definition) is 4. The number of aromatic nitrogens is 2. The average molecular weight is 343 g/mol. The van der Waals surface area contributed by atoms with Gasteiger partial charge in [0, 0.05) is 16.5 Å². The summed E-state index contributed by atoms with van der Waals surface area (Å²) in [5.74, 6) is -0.272. The number of sulfonamides is 1. The van der Waals surface area contributed by atoms with E-state index in [1.54, 1.807) is 12.4 Å². The predicted molar refractivity (Wildman–Crippen MR) is 88.4 cm³/mol. The Kier molecular flexibility index (Phi) is 4.24. The molecule has 1 aromatic heterocycles. The van der Waals surface area contributed by atoms with E-state index in [1.807, 2.05) is 24.3 Å². The highest BCUT2D eigenvalue weighted by atomic mass is 32.2. The van der Waals surface area contributed by atoms with Crippen LogP contribution in [0.15, 0.2) is 65.8 Å². The molecule has 1 heterocycles. The Morgan fingerprint density at radius 1 is 1.08 bits per heavy atom. The van der Waals surface area contributed by atoms with Crippen molar-refractivity contribution in [1.29, 1.82) is 0 Å². The SMILES string of the molecule is NS(=O)(=O)c1ccc(NC(=O)C[n+]2cc3ccccc3cn2)cc1. The van der Waals surface area contributed by atoms with Crippen molar-refractivity contribution >= 4 is 32.4 Å². The molecule has 3 rings (SSSR count). The van der Waals surface area contributed by atoms with Crippen molar-refractivity contribution in [1.82, 2.24) is 5.10 Å². The maximum Gasteiger partial charge on any atom is 0.292 e. The van der Waals surface area contributed by atoms with Gasteiger partial charge in [-0.15, -0.1) is 0 Å². The molecule has 122 valence electrons. The number of nitrogens with one attached hydrogen (secondary N) is 1. The van der Waals surface area contributed by atoms with Crippen LogP contribution in [0.25, 0.3) is 10.8 Å². The number of amides is 1. The summed E-state index contributed by atoms with van der Waals surface area (Å²) in [5.41, 5.74) is 0.480. The van der Waals surface area contributed by atoms with Gasteiger partial charge in [-0.05, 0) is 35.4 Å². The second-order valence-corrected chi connectivity index (χ2v) is 6.78. The standard InChI is InChI=1S/C16H14N4O3S/c17-24(22,23)15-7-5-14(6-8-15)19-16(21)11-20-10-13-4-2-1-3-12(13)9-18-20/h1-10H,11H2,(H2-,17,19,21,22,23)/p+1. The molecule has 3 N–H and O–H groups in total. The summed E-state index contributed by atoms with van der Waals surface area (Å²) in [4.78, 5) is 12.1. The van der Waals surface area contributed by atoms with Crippen LogP contribution >= 0.6 is 0 Å². The van der Waals surface area contributed by atoms with Gasteiger partial charge >= 0.3 is 0 Å². The lowest BCUT2D eigenvalue weighted by molar-refractivity contribution is -0.740. The maximum atomic E-state index is 12.1. The quantitative estimate of drug-likeness (QED) is 0.684. The van der Waals surface area contributed by atoms with Gasteiger partial charge in [0.25, 0.3) is 12.5 Å². The van der Waals surface area contributed by atoms with Crippen LogP contribution in [0.3, 0.4) is 0 Å². The summed E-state index contributed by atoms with van der Waals surface area (Å²) in [6, 6.07) is 13.4. The molecule has 0 spiro atoms. The van der Waals surface area contributed by atoms with Crippen molar-refractivity contribution in [3.8, 4) is 0 Å². The Labute approximate surface area is 138 Å². The van der Waals surface area contributed by atoms with Crippen molar-refractivity contribution in [2.45, 2.75) is 11.4 Å². The van der Waals surface area contributed by atoms with Gasteiger partial charge in [0.05, 0.1) is 4.90 Å². The van der Waals surface area contributed by atoms with E-state index < -0.39 is 10.0 Å². The van der Waals surface area contributed by atoms with Gasteiger partial charge in [-0.2, -0.15) is 0 Å². The highest BCUT2D eigenvalue weighted by Gasteiger charge is 2.13. The van der Waals surface area contributed by atoms with Gasteiger partial charge < -0.3 is 5.32 Å². The number of primary sulfonamides is 1. The fourth-order valence-electron chi connectivity index (χ4n) is 2.24. The third-order valence-electron chi connectivity index (χ3n) is 3.40. The number of fused-ring (bicyclic) bond motifs is 1. The highest BCUT2D eigenvalue weighted by Crippen LogP contribution is 2.12. The second kappa shape index (κ2) is 6.34. The predicted octanol–water partition coefficient (Wildman–Crippen LogP) is 0.808. The molecule has 24 heavy (non-hydrogen) atoms. The van der Waals surface area contributed by atoms with Gasteiger partial charge in [0.15, 0.2) is 0 Å². The molecule has 0 aliphatic heterocycles. The van der Waals surface area contributed by atoms with Gasteiger partial charge in [0.1, 0.15) is 6.20 Å². The molecule has 0 aliphatic rings. The Hall–Kier alpha value is -2.84. The Balaban J connectivity index is 1.70. The average Bonchev–Trinajstić information content (AvgIpc) is 2.54. The van der Waals surface area contributed by atoms with E-state index in [1.165, 1.54) is 28.9 Å². The summed E-state index contributed by atoms with van der Waals surface area (Å²) in [7, 11) is -3.74. The molecule has 0 unspecified atom stereocenters. The zero-order chi connectivity index (χ0) is 17.2. The lowest BCUT2D eigenvalue weighted by atomic mass is 10.2. The number of nitrogens with two attached hydrogens (primary N) is 1. The fourth-order valence-corrected chi connectivity index (χ4v) is 2.75. The third kappa shape index (κ3) is 3.73. The number of carbonyl (C=O) groups excluding carboxylic acids is 1. The number of benzene rings is 2. The van der Waals surface area contributed by atoms with Crippen molar-refractivity contribution in [3.05, 3.63) is 60.9 Å². The minimum atomic E-state index is -3.74. The van der Waals surface area contributed by atoms with E-state index in [9.17, 15) is 13.2 Å². The van der Waals surface area contributed by atoms with Crippen LogP contribution in [-0.2, 0) is 21.4 Å². The van der Waals surface area contributed by atoms with Gasteiger partial charge in [0.2, 0.25) is 16.2 Å². The van der Waals surface area contributed by atoms with Crippen molar-refractivity contribution < 1.29 is 17.9 Å². The van der Waals surface area contributed by atoms with E-state index in [0.717, 1.165) is 10.8 Å². The molecular formula is C16H15N4O3S+. The summed E-state index contributed by atoms with van der Waals surface area (Å²) in [5, 5.41) is 13.9. The molecule has 3 aromatic rings. The minimum absolute atomic E-state index is 0.00827. The second-order valence-electron chi connectivity index (χ2n) is 5.22. The first-order valence-electron chi connectivity index (χ1n) is 7.09. The summed E-state index contributed by atoms with van der Waals surface area (Å²) in [6.07, 6.45) is 3.49. The van der Waals surface area contributed by atoms with Crippen LogP contribution in [-0.4, -0.2) is 19.4 Å². The fraction of sp³-hybridized carbons (Fsp3) is 0.0625. The van der Waals surface area contributed by atoms with Gasteiger partial charge in [-0.25, -0.2) is 13.6 Å².